The SMILES string of the molecule is CC(C)c1noc([C@H](Nc2ncc(Br)cn2)C2CCOCC2)n1. The molecule has 0 bridgehead atoms. The molecule has 0 saturated carbocycles. The van der Waals surface area contributed by atoms with Crippen LogP contribution < -0.4 is 5.32 Å². The van der Waals surface area contributed by atoms with Gasteiger partial charge >= 0.3 is 0 Å². The molecule has 1 aliphatic rings. The lowest BCUT2D eigenvalue weighted by molar-refractivity contribution is 0.0570. The maximum absolute atomic E-state index is 5.51. The fraction of sp³-hybridized carbons (Fsp3) is 0.600. The molecule has 2 aromatic heterocycles. The topological polar surface area (TPSA) is 86.0 Å². The Hall–Kier alpha value is -1.54. The van der Waals surface area contributed by atoms with Crippen molar-refractivity contribution in [2.75, 3.05) is 18.5 Å². The van der Waals surface area contributed by atoms with E-state index < -0.39 is 0 Å². The van der Waals surface area contributed by atoms with E-state index in [9.17, 15) is 0 Å². The number of anilines is 1. The molecular formula is C15H20BrN5O2. The third-order valence-electron chi connectivity index (χ3n) is 3.88. The normalized spacial score (nSPS) is 17.4. The van der Waals surface area contributed by atoms with Crippen LogP contribution in [-0.2, 0) is 4.74 Å². The van der Waals surface area contributed by atoms with E-state index >= 15 is 0 Å². The van der Waals surface area contributed by atoms with Crippen LogP contribution in [0.2, 0.25) is 0 Å². The Labute approximate surface area is 143 Å². The predicted molar refractivity (Wildman–Crippen MR) is 88.0 cm³/mol. The van der Waals surface area contributed by atoms with E-state index in [2.05, 4.69) is 41.4 Å². The minimum absolute atomic E-state index is 0.111. The van der Waals surface area contributed by atoms with Gasteiger partial charge in [0.2, 0.25) is 11.8 Å². The molecular weight excluding hydrogens is 362 g/mol. The molecule has 0 amide bonds. The summed E-state index contributed by atoms with van der Waals surface area (Å²) in [6.45, 7) is 5.58. The standard InChI is InChI=1S/C15H20BrN5O2/c1-9(2)13-20-14(23-21-13)12(10-3-5-22-6-4-10)19-15-17-7-11(16)8-18-15/h7-10,12H,3-6H2,1-2H3,(H,17,18,19)/t12-/m1/s1. The fourth-order valence-electron chi connectivity index (χ4n) is 2.56. The highest BCUT2D eigenvalue weighted by atomic mass is 79.9. The maximum atomic E-state index is 5.51. The van der Waals surface area contributed by atoms with Crippen molar-refractivity contribution >= 4 is 21.9 Å². The van der Waals surface area contributed by atoms with Gasteiger partial charge in [0.05, 0.1) is 4.47 Å². The number of rotatable bonds is 5. The van der Waals surface area contributed by atoms with Crippen molar-refractivity contribution in [3.8, 4) is 0 Å². The molecule has 0 spiro atoms. The van der Waals surface area contributed by atoms with Crippen LogP contribution in [0.3, 0.4) is 0 Å². The molecule has 3 rings (SSSR count). The second kappa shape index (κ2) is 7.35. The summed E-state index contributed by atoms with van der Waals surface area (Å²) in [5.41, 5.74) is 0. The second-order valence-corrected chi connectivity index (χ2v) is 6.86. The molecule has 1 atom stereocenters. The lowest BCUT2D eigenvalue weighted by Gasteiger charge is -2.28. The van der Waals surface area contributed by atoms with Gasteiger partial charge in [0.25, 0.3) is 0 Å². The minimum atomic E-state index is -0.111. The van der Waals surface area contributed by atoms with Gasteiger partial charge in [-0.25, -0.2) is 9.97 Å². The Morgan fingerprint density at radius 3 is 2.52 bits per heavy atom. The molecule has 1 fully saturated rings. The summed E-state index contributed by atoms with van der Waals surface area (Å²) in [6.07, 6.45) is 5.30. The second-order valence-electron chi connectivity index (χ2n) is 5.94. The molecule has 0 aliphatic carbocycles. The van der Waals surface area contributed by atoms with E-state index in [4.69, 9.17) is 9.26 Å². The molecule has 2 aromatic rings. The van der Waals surface area contributed by atoms with Crippen molar-refractivity contribution < 1.29 is 9.26 Å². The number of aromatic nitrogens is 4. The van der Waals surface area contributed by atoms with Crippen LogP contribution in [-0.4, -0.2) is 33.3 Å². The van der Waals surface area contributed by atoms with Crippen molar-refractivity contribution in [2.45, 2.75) is 38.6 Å². The zero-order valence-electron chi connectivity index (χ0n) is 13.2. The molecule has 8 heteroatoms. The van der Waals surface area contributed by atoms with Gasteiger partial charge in [-0.2, -0.15) is 4.98 Å². The van der Waals surface area contributed by atoms with Gasteiger partial charge in [-0.1, -0.05) is 19.0 Å². The van der Waals surface area contributed by atoms with E-state index in [1.807, 2.05) is 13.8 Å². The van der Waals surface area contributed by atoms with E-state index in [1.54, 1.807) is 12.4 Å². The summed E-state index contributed by atoms with van der Waals surface area (Å²) >= 11 is 3.34. The Kier molecular flexibility index (Phi) is 5.22. The van der Waals surface area contributed by atoms with Crippen LogP contribution in [0.25, 0.3) is 0 Å². The van der Waals surface area contributed by atoms with Crippen molar-refractivity contribution in [3.63, 3.8) is 0 Å². The molecule has 23 heavy (non-hydrogen) atoms. The number of ether oxygens (including phenoxy) is 1. The number of hydrogen-bond donors (Lipinski definition) is 1. The van der Waals surface area contributed by atoms with Crippen molar-refractivity contribution in [3.05, 3.63) is 28.6 Å². The Morgan fingerprint density at radius 2 is 1.91 bits per heavy atom. The smallest absolute Gasteiger partial charge is 0.249 e. The first kappa shape index (κ1) is 16.3. The van der Waals surface area contributed by atoms with E-state index in [0.717, 1.165) is 36.4 Å². The first-order valence-electron chi connectivity index (χ1n) is 7.79. The van der Waals surface area contributed by atoms with Gasteiger partial charge in [-0.3, -0.25) is 0 Å². The summed E-state index contributed by atoms with van der Waals surface area (Å²) < 4.78 is 11.8. The van der Waals surface area contributed by atoms with Crippen molar-refractivity contribution in [2.24, 2.45) is 5.92 Å². The summed E-state index contributed by atoms with van der Waals surface area (Å²) in [5.74, 6) is 2.43. The first-order valence-corrected chi connectivity index (χ1v) is 8.58. The zero-order chi connectivity index (χ0) is 16.2. The number of nitrogens with zero attached hydrogens (tertiary/aromatic N) is 4. The highest BCUT2D eigenvalue weighted by Crippen LogP contribution is 2.32. The van der Waals surface area contributed by atoms with Gasteiger partial charge in [0.15, 0.2) is 5.82 Å². The van der Waals surface area contributed by atoms with Crippen LogP contribution in [0.15, 0.2) is 21.4 Å². The molecule has 124 valence electrons. The minimum Gasteiger partial charge on any atom is -0.381 e. The quantitative estimate of drug-likeness (QED) is 0.849. The molecule has 3 heterocycles. The van der Waals surface area contributed by atoms with E-state index in [-0.39, 0.29) is 12.0 Å². The zero-order valence-corrected chi connectivity index (χ0v) is 14.8. The van der Waals surface area contributed by atoms with Gasteiger partial charge in [-0.05, 0) is 34.7 Å². The Bertz CT molecular complexity index is 625. The number of nitrogens with one attached hydrogen (secondary N) is 1. The van der Waals surface area contributed by atoms with Crippen molar-refractivity contribution in [1.82, 2.24) is 20.1 Å². The molecule has 0 unspecified atom stereocenters. The van der Waals surface area contributed by atoms with E-state index in [1.165, 1.54) is 0 Å². The monoisotopic (exact) mass is 381 g/mol. The van der Waals surface area contributed by atoms with Crippen molar-refractivity contribution in [1.29, 1.82) is 0 Å². The van der Waals surface area contributed by atoms with Crippen LogP contribution in [0.5, 0.6) is 0 Å². The molecule has 7 nitrogen and oxygen atoms in total. The Morgan fingerprint density at radius 1 is 1.22 bits per heavy atom. The van der Waals surface area contributed by atoms with Gasteiger partial charge in [0.1, 0.15) is 6.04 Å². The summed E-state index contributed by atoms with van der Waals surface area (Å²) in [5, 5.41) is 7.43. The summed E-state index contributed by atoms with van der Waals surface area (Å²) in [6, 6.07) is -0.111. The predicted octanol–water partition coefficient (Wildman–Crippen LogP) is 3.33. The Balaban J connectivity index is 1.84. The highest BCUT2D eigenvalue weighted by Gasteiger charge is 2.31. The van der Waals surface area contributed by atoms with Gasteiger partial charge in [0, 0.05) is 31.5 Å². The number of halogens is 1. The highest BCUT2D eigenvalue weighted by molar-refractivity contribution is 9.10. The molecule has 1 N–H and O–H groups in total. The summed E-state index contributed by atoms with van der Waals surface area (Å²) in [4.78, 5) is 13.1. The lowest BCUT2D eigenvalue weighted by Crippen LogP contribution is -2.28. The third-order valence-corrected chi connectivity index (χ3v) is 4.29. The van der Waals surface area contributed by atoms with Crippen LogP contribution in [0, 0.1) is 5.92 Å². The maximum Gasteiger partial charge on any atom is 0.249 e. The lowest BCUT2D eigenvalue weighted by atomic mass is 9.91. The largest absolute Gasteiger partial charge is 0.381 e. The first-order chi connectivity index (χ1) is 11.1. The fourth-order valence-corrected chi connectivity index (χ4v) is 2.77. The number of hydrogen-bond acceptors (Lipinski definition) is 7. The van der Waals surface area contributed by atoms with Crippen LogP contribution >= 0.6 is 15.9 Å². The average molecular weight is 382 g/mol. The summed E-state index contributed by atoms with van der Waals surface area (Å²) in [7, 11) is 0. The van der Waals surface area contributed by atoms with Crippen LogP contribution in [0.4, 0.5) is 5.95 Å². The third kappa shape index (κ3) is 4.06. The molecule has 1 saturated heterocycles. The van der Waals surface area contributed by atoms with Gasteiger partial charge < -0.3 is 14.6 Å². The average Bonchev–Trinajstić information content (AvgIpc) is 3.05. The van der Waals surface area contributed by atoms with Gasteiger partial charge in [-0.15, -0.1) is 0 Å². The molecule has 0 radical (unpaired) electrons. The molecule has 0 aromatic carbocycles. The van der Waals surface area contributed by atoms with E-state index in [0.29, 0.717) is 17.8 Å². The van der Waals surface area contributed by atoms with Crippen LogP contribution in [0.1, 0.15) is 50.4 Å². The molecule has 1 aliphatic heterocycles.